The highest BCUT2D eigenvalue weighted by Gasteiger charge is 2.18. The molecule has 1 saturated heterocycles. The molecular formula is C14H16ClN5. The Kier molecular flexibility index (Phi) is 4.08. The van der Waals surface area contributed by atoms with Crippen molar-refractivity contribution in [2.75, 3.05) is 31.1 Å². The molecule has 0 saturated carbocycles. The molecule has 0 atom stereocenters. The molecule has 20 heavy (non-hydrogen) atoms. The first-order valence-corrected chi connectivity index (χ1v) is 7.04. The molecule has 2 aromatic heterocycles. The van der Waals surface area contributed by atoms with Gasteiger partial charge in [0.25, 0.3) is 0 Å². The number of hydrogen-bond donors (Lipinski definition) is 0. The minimum atomic E-state index is 0.439. The van der Waals surface area contributed by atoms with Gasteiger partial charge in [-0.3, -0.25) is 9.88 Å². The summed E-state index contributed by atoms with van der Waals surface area (Å²) >= 11 is 5.74. The summed E-state index contributed by atoms with van der Waals surface area (Å²) in [7, 11) is 0. The highest BCUT2D eigenvalue weighted by molar-refractivity contribution is 6.29. The van der Waals surface area contributed by atoms with Crippen LogP contribution in [0.15, 0.2) is 36.8 Å². The van der Waals surface area contributed by atoms with Crippen LogP contribution in [0, 0.1) is 0 Å². The van der Waals surface area contributed by atoms with Crippen molar-refractivity contribution in [1.29, 1.82) is 0 Å². The van der Waals surface area contributed by atoms with Crippen LogP contribution in [0.25, 0.3) is 0 Å². The van der Waals surface area contributed by atoms with Crippen molar-refractivity contribution < 1.29 is 0 Å². The van der Waals surface area contributed by atoms with Gasteiger partial charge in [0, 0.05) is 38.9 Å². The summed E-state index contributed by atoms with van der Waals surface area (Å²) in [6.07, 6.45) is 5.18. The molecule has 6 heteroatoms. The maximum Gasteiger partial charge on any atom is 0.147 e. The molecule has 2 aromatic rings. The molecule has 0 spiro atoms. The Bertz CT molecular complexity index is 537. The zero-order valence-corrected chi connectivity index (χ0v) is 11.9. The second-order valence-corrected chi connectivity index (χ2v) is 5.17. The molecule has 0 aliphatic carbocycles. The lowest BCUT2D eigenvalue weighted by Crippen LogP contribution is -2.46. The van der Waals surface area contributed by atoms with E-state index in [2.05, 4.69) is 30.8 Å². The first-order chi connectivity index (χ1) is 9.81. The quantitative estimate of drug-likeness (QED) is 0.863. The second-order valence-electron chi connectivity index (χ2n) is 4.78. The van der Waals surface area contributed by atoms with Crippen LogP contribution in [-0.2, 0) is 6.54 Å². The molecule has 104 valence electrons. The summed E-state index contributed by atoms with van der Waals surface area (Å²) < 4.78 is 0. The predicted molar refractivity (Wildman–Crippen MR) is 78.8 cm³/mol. The fourth-order valence-corrected chi connectivity index (χ4v) is 2.42. The molecule has 3 rings (SSSR count). The van der Waals surface area contributed by atoms with Gasteiger partial charge >= 0.3 is 0 Å². The van der Waals surface area contributed by atoms with Crippen molar-refractivity contribution in [1.82, 2.24) is 19.9 Å². The van der Waals surface area contributed by atoms with E-state index < -0.39 is 0 Å². The number of piperazine rings is 1. The van der Waals surface area contributed by atoms with Crippen molar-refractivity contribution in [2.45, 2.75) is 6.54 Å². The van der Waals surface area contributed by atoms with E-state index in [1.54, 1.807) is 12.4 Å². The molecule has 0 bridgehead atoms. The van der Waals surface area contributed by atoms with Gasteiger partial charge in [-0.1, -0.05) is 17.7 Å². The van der Waals surface area contributed by atoms with Gasteiger partial charge in [0.2, 0.25) is 0 Å². The van der Waals surface area contributed by atoms with Crippen LogP contribution < -0.4 is 4.90 Å². The van der Waals surface area contributed by atoms with E-state index in [1.165, 1.54) is 0 Å². The summed E-state index contributed by atoms with van der Waals surface area (Å²) in [5.74, 6) is 1.05. The van der Waals surface area contributed by atoms with Crippen LogP contribution in [0.4, 0.5) is 5.82 Å². The monoisotopic (exact) mass is 289 g/mol. The number of rotatable bonds is 3. The third kappa shape index (κ3) is 3.23. The van der Waals surface area contributed by atoms with Gasteiger partial charge in [0.15, 0.2) is 0 Å². The number of anilines is 1. The van der Waals surface area contributed by atoms with Crippen LogP contribution in [0.1, 0.15) is 5.69 Å². The second kappa shape index (κ2) is 6.15. The Balaban J connectivity index is 1.55. The van der Waals surface area contributed by atoms with Crippen LogP contribution in [0.5, 0.6) is 0 Å². The molecular weight excluding hydrogens is 274 g/mol. The van der Waals surface area contributed by atoms with E-state index in [-0.39, 0.29) is 0 Å². The van der Waals surface area contributed by atoms with Gasteiger partial charge in [-0.05, 0) is 12.1 Å². The average Bonchev–Trinajstić information content (AvgIpc) is 2.51. The molecule has 5 nitrogen and oxygen atoms in total. The SMILES string of the molecule is Clc1cnc(CN2CCN(c3ccccn3)CC2)cn1. The largest absolute Gasteiger partial charge is 0.354 e. The Morgan fingerprint density at radius 1 is 1.00 bits per heavy atom. The highest BCUT2D eigenvalue weighted by atomic mass is 35.5. The van der Waals surface area contributed by atoms with E-state index in [1.807, 2.05) is 18.3 Å². The van der Waals surface area contributed by atoms with Gasteiger partial charge in [-0.25, -0.2) is 9.97 Å². The summed E-state index contributed by atoms with van der Waals surface area (Å²) in [5, 5.41) is 0.439. The van der Waals surface area contributed by atoms with E-state index >= 15 is 0 Å². The van der Waals surface area contributed by atoms with Crippen LogP contribution in [0.2, 0.25) is 5.15 Å². The third-order valence-corrected chi connectivity index (χ3v) is 3.60. The van der Waals surface area contributed by atoms with Crippen molar-refractivity contribution in [3.8, 4) is 0 Å². The highest BCUT2D eigenvalue weighted by Crippen LogP contribution is 2.13. The Morgan fingerprint density at radius 3 is 2.50 bits per heavy atom. The topological polar surface area (TPSA) is 45.2 Å². The Labute approximate surface area is 123 Å². The molecule has 0 radical (unpaired) electrons. The van der Waals surface area contributed by atoms with E-state index in [0.29, 0.717) is 5.15 Å². The van der Waals surface area contributed by atoms with Crippen LogP contribution in [0.3, 0.4) is 0 Å². The molecule has 0 N–H and O–H groups in total. The van der Waals surface area contributed by atoms with Crippen LogP contribution in [-0.4, -0.2) is 46.0 Å². The number of pyridine rings is 1. The fraction of sp³-hybridized carbons (Fsp3) is 0.357. The minimum Gasteiger partial charge on any atom is -0.354 e. The predicted octanol–water partition coefficient (Wildman–Crippen LogP) is 1.85. The number of halogens is 1. The molecule has 3 heterocycles. The molecule has 0 unspecified atom stereocenters. The Hall–Kier alpha value is -1.72. The fourth-order valence-electron chi connectivity index (χ4n) is 2.33. The summed E-state index contributed by atoms with van der Waals surface area (Å²) in [6, 6.07) is 6.03. The normalized spacial score (nSPS) is 16.4. The van der Waals surface area contributed by atoms with Crippen molar-refractivity contribution in [2.24, 2.45) is 0 Å². The van der Waals surface area contributed by atoms with Crippen molar-refractivity contribution >= 4 is 17.4 Å². The summed E-state index contributed by atoms with van der Waals surface area (Å²) in [4.78, 5) is 17.4. The van der Waals surface area contributed by atoms with Crippen molar-refractivity contribution in [3.05, 3.63) is 47.6 Å². The lowest BCUT2D eigenvalue weighted by Gasteiger charge is -2.35. The third-order valence-electron chi connectivity index (χ3n) is 3.40. The maximum atomic E-state index is 5.74. The zero-order valence-electron chi connectivity index (χ0n) is 11.1. The average molecular weight is 290 g/mol. The Morgan fingerprint density at radius 2 is 1.85 bits per heavy atom. The molecule has 0 aromatic carbocycles. The molecule has 1 aliphatic rings. The molecule has 0 amide bonds. The van der Waals surface area contributed by atoms with E-state index in [4.69, 9.17) is 11.6 Å². The van der Waals surface area contributed by atoms with Gasteiger partial charge in [0.05, 0.1) is 18.1 Å². The number of aromatic nitrogens is 3. The smallest absolute Gasteiger partial charge is 0.147 e. The number of nitrogens with zero attached hydrogens (tertiary/aromatic N) is 5. The summed E-state index contributed by atoms with van der Waals surface area (Å²) in [6.45, 7) is 4.79. The zero-order chi connectivity index (χ0) is 13.8. The van der Waals surface area contributed by atoms with E-state index in [9.17, 15) is 0 Å². The van der Waals surface area contributed by atoms with Gasteiger partial charge < -0.3 is 4.90 Å². The van der Waals surface area contributed by atoms with Gasteiger partial charge in [0.1, 0.15) is 11.0 Å². The molecule has 1 fully saturated rings. The molecule has 1 aliphatic heterocycles. The summed E-state index contributed by atoms with van der Waals surface area (Å²) in [5.41, 5.74) is 0.959. The first-order valence-electron chi connectivity index (χ1n) is 6.66. The number of hydrogen-bond acceptors (Lipinski definition) is 5. The van der Waals surface area contributed by atoms with Crippen molar-refractivity contribution in [3.63, 3.8) is 0 Å². The first kappa shape index (κ1) is 13.3. The van der Waals surface area contributed by atoms with Gasteiger partial charge in [-0.2, -0.15) is 0 Å². The maximum absolute atomic E-state index is 5.74. The van der Waals surface area contributed by atoms with Gasteiger partial charge in [-0.15, -0.1) is 0 Å². The minimum absolute atomic E-state index is 0.439. The van der Waals surface area contributed by atoms with E-state index in [0.717, 1.165) is 44.2 Å². The lowest BCUT2D eigenvalue weighted by molar-refractivity contribution is 0.246. The standard InChI is InChI=1S/C14H16ClN5/c15-13-10-17-12(9-18-13)11-19-5-7-20(8-6-19)14-3-1-2-4-16-14/h1-4,9-10H,5-8,11H2. The van der Waals surface area contributed by atoms with Crippen LogP contribution >= 0.6 is 11.6 Å². The lowest BCUT2D eigenvalue weighted by atomic mass is 10.3.